The summed E-state index contributed by atoms with van der Waals surface area (Å²) in [5, 5.41) is 24.7. The first-order valence-corrected chi connectivity index (χ1v) is 4.87. The number of hydrogen-bond acceptors (Lipinski definition) is 5. The van der Waals surface area contributed by atoms with Gasteiger partial charge in [0.1, 0.15) is 0 Å². The predicted octanol–water partition coefficient (Wildman–Crippen LogP) is 1.02. The highest BCUT2D eigenvalue weighted by Crippen LogP contribution is 2.27. The molecule has 2 rings (SSSR count). The largest absolute Gasteiger partial charge is 0.504 e. The van der Waals surface area contributed by atoms with Crippen molar-refractivity contribution in [2.24, 2.45) is 0 Å². The summed E-state index contributed by atoms with van der Waals surface area (Å²) in [6, 6.07) is 5.79. The molecule has 0 saturated heterocycles. The van der Waals surface area contributed by atoms with Crippen LogP contribution in [0.3, 0.4) is 0 Å². The van der Waals surface area contributed by atoms with Crippen molar-refractivity contribution in [1.82, 2.24) is 10.5 Å². The zero-order valence-corrected chi connectivity index (χ0v) is 8.75. The van der Waals surface area contributed by atoms with Gasteiger partial charge in [0.15, 0.2) is 17.3 Å². The highest BCUT2D eigenvalue weighted by molar-refractivity contribution is 5.97. The van der Waals surface area contributed by atoms with Gasteiger partial charge in [-0.1, -0.05) is 11.2 Å². The Balaban J connectivity index is 2.07. The zero-order valence-electron chi connectivity index (χ0n) is 8.75. The molecule has 88 valence electrons. The maximum Gasteiger partial charge on any atom is 0.255 e. The SMILES string of the molecule is O=C(NCc1ccno1)c1cccc(O)c1O. The van der Waals surface area contributed by atoms with Crippen LogP contribution in [0, 0.1) is 0 Å². The number of rotatable bonds is 3. The minimum atomic E-state index is -0.505. The Morgan fingerprint density at radius 2 is 2.18 bits per heavy atom. The number of phenolic OH excluding ortho intramolecular Hbond substituents is 2. The van der Waals surface area contributed by atoms with Crippen LogP contribution in [0.25, 0.3) is 0 Å². The molecule has 1 aromatic heterocycles. The molecule has 6 nitrogen and oxygen atoms in total. The Morgan fingerprint density at radius 3 is 2.88 bits per heavy atom. The molecular weight excluding hydrogens is 224 g/mol. The van der Waals surface area contributed by atoms with Gasteiger partial charge in [0.25, 0.3) is 5.91 Å². The predicted molar refractivity (Wildman–Crippen MR) is 57.4 cm³/mol. The van der Waals surface area contributed by atoms with Gasteiger partial charge in [0, 0.05) is 6.07 Å². The molecule has 1 heterocycles. The summed E-state index contributed by atoms with van der Waals surface area (Å²) >= 11 is 0. The molecule has 0 radical (unpaired) electrons. The van der Waals surface area contributed by atoms with Gasteiger partial charge in [0.2, 0.25) is 0 Å². The van der Waals surface area contributed by atoms with Crippen LogP contribution in [0.1, 0.15) is 16.1 Å². The normalized spacial score (nSPS) is 10.1. The lowest BCUT2D eigenvalue weighted by atomic mass is 10.1. The van der Waals surface area contributed by atoms with E-state index in [9.17, 15) is 15.0 Å². The fourth-order valence-corrected chi connectivity index (χ4v) is 1.31. The van der Waals surface area contributed by atoms with E-state index in [0.717, 1.165) is 0 Å². The van der Waals surface area contributed by atoms with Crippen LogP contribution in [0.2, 0.25) is 0 Å². The molecule has 1 aromatic carbocycles. The van der Waals surface area contributed by atoms with Crippen LogP contribution >= 0.6 is 0 Å². The molecule has 17 heavy (non-hydrogen) atoms. The molecule has 0 bridgehead atoms. The molecule has 3 N–H and O–H groups in total. The molecule has 0 fully saturated rings. The van der Waals surface area contributed by atoms with Crippen LogP contribution in [0.15, 0.2) is 35.0 Å². The summed E-state index contributed by atoms with van der Waals surface area (Å²) in [5.41, 5.74) is 0.00418. The molecule has 0 saturated carbocycles. The monoisotopic (exact) mass is 234 g/mol. The molecule has 0 aliphatic heterocycles. The number of para-hydroxylation sites is 1. The molecule has 0 aliphatic rings. The minimum Gasteiger partial charge on any atom is -0.504 e. The van der Waals surface area contributed by atoms with E-state index in [4.69, 9.17) is 4.52 Å². The van der Waals surface area contributed by atoms with E-state index < -0.39 is 11.7 Å². The van der Waals surface area contributed by atoms with Crippen LogP contribution in [0.5, 0.6) is 11.5 Å². The van der Waals surface area contributed by atoms with Crippen molar-refractivity contribution in [3.05, 3.63) is 41.8 Å². The highest BCUT2D eigenvalue weighted by Gasteiger charge is 2.13. The van der Waals surface area contributed by atoms with Gasteiger partial charge >= 0.3 is 0 Å². The number of aromatic nitrogens is 1. The summed E-state index contributed by atoms with van der Waals surface area (Å²) < 4.78 is 4.80. The Labute approximate surface area is 96.5 Å². The number of phenols is 2. The van der Waals surface area contributed by atoms with Crippen molar-refractivity contribution in [3.63, 3.8) is 0 Å². The van der Waals surface area contributed by atoms with Gasteiger partial charge in [-0.05, 0) is 12.1 Å². The average Bonchev–Trinajstić information content (AvgIpc) is 2.82. The lowest BCUT2D eigenvalue weighted by Gasteiger charge is -2.05. The molecule has 0 unspecified atom stereocenters. The van der Waals surface area contributed by atoms with Crippen molar-refractivity contribution < 1.29 is 19.5 Å². The Hall–Kier alpha value is -2.50. The van der Waals surface area contributed by atoms with E-state index in [1.165, 1.54) is 24.4 Å². The van der Waals surface area contributed by atoms with E-state index in [-0.39, 0.29) is 17.9 Å². The van der Waals surface area contributed by atoms with E-state index in [1.54, 1.807) is 6.07 Å². The lowest BCUT2D eigenvalue weighted by molar-refractivity contribution is 0.0943. The van der Waals surface area contributed by atoms with Crippen molar-refractivity contribution in [2.45, 2.75) is 6.54 Å². The third-order valence-electron chi connectivity index (χ3n) is 2.17. The number of benzene rings is 1. The van der Waals surface area contributed by atoms with Gasteiger partial charge in [0.05, 0.1) is 18.3 Å². The number of carbonyl (C=O) groups excluding carboxylic acids is 1. The summed E-state index contributed by atoms with van der Waals surface area (Å²) in [7, 11) is 0. The van der Waals surface area contributed by atoms with Crippen LogP contribution in [-0.2, 0) is 6.54 Å². The Morgan fingerprint density at radius 1 is 1.35 bits per heavy atom. The first-order valence-electron chi connectivity index (χ1n) is 4.87. The zero-order chi connectivity index (χ0) is 12.3. The molecular formula is C11H10N2O4. The van der Waals surface area contributed by atoms with Gasteiger partial charge in [-0.15, -0.1) is 0 Å². The third-order valence-corrected chi connectivity index (χ3v) is 2.17. The third kappa shape index (κ3) is 2.36. The number of nitrogens with zero attached hydrogens (tertiary/aromatic N) is 1. The molecule has 0 spiro atoms. The molecule has 2 aromatic rings. The van der Waals surface area contributed by atoms with Gasteiger partial charge < -0.3 is 20.1 Å². The topological polar surface area (TPSA) is 95.6 Å². The van der Waals surface area contributed by atoms with Gasteiger partial charge in [-0.2, -0.15) is 0 Å². The van der Waals surface area contributed by atoms with E-state index >= 15 is 0 Å². The molecule has 6 heteroatoms. The number of hydrogen-bond donors (Lipinski definition) is 3. The molecule has 0 atom stereocenters. The number of amides is 1. The van der Waals surface area contributed by atoms with Crippen LogP contribution < -0.4 is 5.32 Å². The highest BCUT2D eigenvalue weighted by atomic mass is 16.5. The molecule has 1 amide bonds. The van der Waals surface area contributed by atoms with Crippen LogP contribution in [-0.4, -0.2) is 21.3 Å². The number of nitrogens with one attached hydrogen (secondary N) is 1. The average molecular weight is 234 g/mol. The lowest BCUT2D eigenvalue weighted by Crippen LogP contribution is -2.22. The Bertz CT molecular complexity index is 522. The van der Waals surface area contributed by atoms with Gasteiger partial charge in [-0.3, -0.25) is 4.79 Å². The van der Waals surface area contributed by atoms with Gasteiger partial charge in [-0.25, -0.2) is 0 Å². The van der Waals surface area contributed by atoms with E-state index in [0.29, 0.717) is 5.76 Å². The fraction of sp³-hybridized carbons (Fsp3) is 0.0909. The smallest absolute Gasteiger partial charge is 0.255 e. The second-order valence-corrected chi connectivity index (χ2v) is 3.33. The standard InChI is InChI=1S/C11H10N2O4/c14-9-3-1-2-8(10(9)15)11(16)12-6-7-4-5-13-17-7/h1-5,14-15H,6H2,(H,12,16). The van der Waals surface area contributed by atoms with E-state index in [1.807, 2.05) is 0 Å². The summed E-state index contributed by atoms with van der Waals surface area (Å²) in [4.78, 5) is 11.7. The maximum atomic E-state index is 11.7. The second kappa shape index (κ2) is 4.56. The van der Waals surface area contributed by atoms with Crippen molar-refractivity contribution in [2.75, 3.05) is 0 Å². The van der Waals surface area contributed by atoms with Crippen molar-refractivity contribution in [1.29, 1.82) is 0 Å². The minimum absolute atomic E-state index is 0.00418. The molecule has 0 aliphatic carbocycles. The fourth-order valence-electron chi connectivity index (χ4n) is 1.31. The summed E-state index contributed by atoms with van der Waals surface area (Å²) in [6.45, 7) is 0.161. The maximum absolute atomic E-state index is 11.7. The van der Waals surface area contributed by atoms with Crippen molar-refractivity contribution in [3.8, 4) is 11.5 Å². The first-order chi connectivity index (χ1) is 8.18. The summed E-state index contributed by atoms with van der Waals surface area (Å²) in [6.07, 6.45) is 1.47. The number of aromatic hydroxyl groups is 2. The quantitative estimate of drug-likeness (QED) is 0.689. The second-order valence-electron chi connectivity index (χ2n) is 3.33. The Kier molecular flexibility index (Phi) is 2.95. The first kappa shape index (κ1) is 11.0. The van der Waals surface area contributed by atoms with Crippen LogP contribution in [0.4, 0.5) is 0 Å². The summed E-state index contributed by atoms with van der Waals surface area (Å²) in [5.74, 6) is -0.785. The number of carbonyl (C=O) groups is 1. The van der Waals surface area contributed by atoms with Crippen molar-refractivity contribution >= 4 is 5.91 Å². The van der Waals surface area contributed by atoms with E-state index in [2.05, 4.69) is 10.5 Å².